The first-order chi connectivity index (χ1) is 16.1. The van der Waals surface area contributed by atoms with Crippen LogP contribution in [0.5, 0.6) is 0 Å². The average Bonchev–Trinajstić information content (AvgIpc) is 2.82. The molecule has 1 aliphatic heterocycles. The molecule has 0 aromatic heterocycles. The number of amides is 2. The summed E-state index contributed by atoms with van der Waals surface area (Å²) in [4.78, 5) is 41.7. The summed E-state index contributed by atoms with van der Waals surface area (Å²) in [5.74, 6) is -0.312. The largest absolute Gasteiger partial charge is 0.347 e. The topological polar surface area (TPSA) is 95.8 Å². The summed E-state index contributed by atoms with van der Waals surface area (Å²) >= 11 is 1.34. The van der Waals surface area contributed by atoms with Crippen molar-refractivity contribution < 1.29 is 14.5 Å². The van der Waals surface area contributed by atoms with Crippen LogP contribution in [0.3, 0.4) is 0 Å². The molecular formula is C25H30N4O4S. The second-order valence-corrected chi connectivity index (χ2v) is 9.75. The normalized spacial score (nSPS) is 15.8. The Labute approximate surface area is 204 Å². The molecule has 2 aromatic rings. The van der Waals surface area contributed by atoms with Crippen LogP contribution >= 0.6 is 11.8 Å². The smallest absolute Gasteiger partial charge is 0.283 e. The van der Waals surface area contributed by atoms with Gasteiger partial charge in [0.25, 0.3) is 11.6 Å². The van der Waals surface area contributed by atoms with E-state index in [-0.39, 0.29) is 23.1 Å². The summed E-state index contributed by atoms with van der Waals surface area (Å²) in [6, 6.07) is 11.9. The minimum atomic E-state index is -0.648. The lowest BCUT2D eigenvalue weighted by Crippen LogP contribution is -2.59. The van der Waals surface area contributed by atoms with Gasteiger partial charge in [-0.1, -0.05) is 56.5 Å². The summed E-state index contributed by atoms with van der Waals surface area (Å²) < 4.78 is 0. The number of nitrogens with one attached hydrogen (secondary N) is 1. The summed E-state index contributed by atoms with van der Waals surface area (Å²) in [6.07, 6.45) is 0. The molecule has 180 valence electrons. The van der Waals surface area contributed by atoms with Crippen LogP contribution in [-0.4, -0.2) is 66.3 Å². The lowest BCUT2D eigenvalue weighted by molar-refractivity contribution is -0.387. The van der Waals surface area contributed by atoms with Crippen LogP contribution in [0, 0.1) is 10.1 Å². The molecule has 0 aliphatic carbocycles. The maximum Gasteiger partial charge on any atom is 0.283 e. The van der Waals surface area contributed by atoms with E-state index in [4.69, 9.17) is 0 Å². The highest BCUT2D eigenvalue weighted by molar-refractivity contribution is 7.99. The minimum absolute atomic E-state index is 0.0868. The molecule has 1 N–H and O–H groups in total. The molecule has 1 saturated heterocycles. The van der Waals surface area contributed by atoms with Gasteiger partial charge in [-0.05, 0) is 29.2 Å². The number of nitro benzene ring substituents is 1. The highest BCUT2D eigenvalue weighted by atomic mass is 32.2. The van der Waals surface area contributed by atoms with E-state index in [1.54, 1.807) is 26.2 Å². The number of carbonyl (C=O) groups excluding carboxylic acids is 2. The number of nitrogens with zero attached hydrogens (tertiary/aromatic N) is 3. The highest BCUT2D eigenvalue weighted by Crippen LogP contribution is 2.39. The number of hydrogen-bond acceptors (Lipinski definition) is 6. The Balaban J connectivity index is 1.90. The summed E-state index contributed by atoms with van der Waals surface area (Å²) in [7, 11) is 3.29. The van der Waals surface area contributed by atoms with E-state index in [1.165, 1.54) is 27.6 Å². The highest BCUT2D eigenvalue weighted by Gasteiger charge is 2.34. The number of benzene rings is 2. The van der Waals surface area contributed by atoms with Gasteiger partial charge in [-0.3, -0.25) is 19.7 Å². The number of likely N-dealkylation sites (N-methyl/N-ethyl adjacent to an activating group) is 1. The van der Waals surface area contributed by atoms with Crippen molar-refractivity contribution in [3.8, 4) is 0 Å². The SMILES string of the molecule is C=C(C(=O)N1CCNCC1C(=O)N(C)C)c1ccc(Sc2ccccc2C(C)C)c([N+](=O)[O-])c1. The van der Waals surface area contributed by atoms with Gasteiger partial charge in [0.1, 0.15) is 6.04 Å². The first-order valence-corrected chi connectivity index (χ1v) is 11.9. The van der Waals surface area contributed by atoms with Gasteiger partial charge in [-0.15, -0.1) is 0 Å². The molecule has 8 nitrogen and oxygen atoms in total. The van der Waals surface area contributed by atoms with Crippen molar-refractivity contribution in [2.75, 3.05) is 33.7 Å². The van der Waals surface area contributed by atoms with Crippen LogP contribution in [0.25, 0.3) is 5.57 Å². The number of nitro groups is 1. The van der Waals surface area contributed by atoms with Gasteiger partial charge in [0, 0.05) is 50.3 Å². The van der Waals surface area contributed by atoms with Crippen molar-refractivity contribution in [1.29, 1.82) is 0 Å². The van der Waals surface area contributed by atoms with E-state index < -0.39 is 16.9 Å². The number of piperazine rings is 1. The Morgan fingerprint density at radius 2 is 1.91 bits per heavy atom. The van der Waals surface area contributed by atoms with Crippen LogP contribution in [-0.2, 0) is 9.59 Å². The van der Waals surface area contributed by atoms with Crippen LogP contribution in [0.15, 0.2) is 58.8 Å². The maximum atomic E-state index is 13.3. The van der Waals surface area contributed by atoms with E-state index in [2.05, 4.69) is 25.7 Å². The van der Waals surface area contributed by atoms with Crippen molar-refractivity contribution in [1.82, 2.24) is 15.1 Å². The standard InChI is InChI=1S/C25H30N4O4S/c1-16(2)19-8-6-7-9-22(19)34-23-11-10-18(14-20(23)29(32)33)17(3)24(30)28-13-12-26-15-21(28)25(31)27(4)5/h6-11,14,16,21,26H,3,12-13,15H2,1-2,4-5H3. The third-order valence-electron chi connectivity index (χ3n) is 5.75. The molecule has 0 saturated carbocycles. The van der Waals surface area contributed by atoms with E-state index in [0.29, 0.717) is 30.1 Å². The number of rotatable bonds is 7. The first kappa shape index (κ1) is 25.5. The zero-order chi connectivity index (χ0) is 25.0. The van der Waals surface area contributed by atoms with Gasteiger partial charge < -0.3 is 15.1 Å². The fourth-order valence-electron chi connectivity index (χ4n) is 3.87. The Morgan fingerprint density at radius 3 is 2.56 bits per heavy atom. The van der Waals surface area contributed by atoms with Crippen molar-refractivity contribution in [3.63, 3.8) is 0 Å². The number of hydrogen-bond donors (Lipinski definition) is 1. The zero-order valence-electron chi connectivity index (χ0n) is 19.9. The fourth-order valence-corrected chi connectivity index (χ4v) is 5.05. The third-order valence-corrected chi connectivity index (χ3v) is 6.91. The second kappa shape index (κ2) is 10.8. The van der Waals surface area contributed by atoms with E-state index in [9.17, 15) is 19.7 Å². The molecule has 0 bridgehead atoms. The van der Waals surface area contributed by atoms with Crippen molar-refractivity contribution in [2.24, 2.45) is 0 Å². The lowest BCUT2D eigenvalue weighted by atomic mass is 10.0. The molecule has 0 spiro atoms. The maximum absolute atomic E-state index is 13.3. The molecule has 1 unspecified atom stereocenters. The molecule has 1 atom stereocenters. The van der Waals surface area contributed by atoms with Gasteiger partial charge in [-0.25, -0.2) is 0 Å². The van der Waals surface area contributed by atoms with Crippen LogP contribution in [0.1, 0.15) is 30.9 Å². The fraction of sp³-hybridized carbons (Fsp3) is 0.360. The molecular weight excluding hydrogens is 452 g/mol. The third kappa shape index (κ3) is 5.48. The van der Waals surface area contributed by atoms with E-state index >= 15 is 0 Å². The number of carbonyl (C=O) groups is 2. The van der Waals surface area contributed by atoms with Crippen molar-refractivity contribution in [2.45, 2.75) is 35.6 Å². The lowest BCUT2D eigenvalue weighted by Gasteiger charge is -2.36. The molecule has 3 rings (SSSR count). The monoisotopic (exact) mass is 482 g/mol. The molecule has 1 heterocycles. The second-order valence-electron chi connectivity index (χ2n) is 8.66. The molecule has 2 amide bonds. The molecule has 9 heteroatoms. The van der Waals surface area contributed by atoms with Crippen molar-refractivity contribution >= 4 is 34.8 Å². The Kier molecular flexibility index (Phi) is 8.11. The van der Waals surface area contributed by atoms with Gasteiger partial charge in [0.05, 0.1) is 9.82 Å². The van der Waals surface area contributed by atoms with Gasteiger partial charge in [0.2, 0.25) is 5.91 Å². The predicted octanol–water partition coefficient (Wildman–Crippen LogP) is 3.77. The predicted molar refractivity (Wildman–Crippen MR) is 134 cm³/mol. The van der Waals surface area contributed by atoms with Crippen LogP contribution in [0.4, 0.5) is 5.69 Å². The molecule has 1 fully saturated rings. The quantitative estimate of drug-likeness (QED) is 0.367. The Hall–Kier alpha value is -3.17. The Bertz CT molecular complexity index is 1120. The van der Waals surface area contributed by atoms with Gasteiger partial charge in [-0.2, -0.15) is 0 Å². The van der Waals surface area contributed by atoms with Gasteiger partial charge >= 0.3 is 0 Å². The van der Waals surface area contributed by atoms with Crippen molar-refractivity contribution in [3.05, 3.63) is 70.3 Å². The first-order valence-electron chi connectivity index (χ1n) is 11.1. The van der Waals surface area contributed by atoms with Crippen LogP contribution in [0.2, 0.25) is 0 Å². The Morgan fingerprint density at radius 1 is 1.21 bits per heavy atom. The molecule has 2 aromatic carbocycles. The minimum Gasteiger partial charge on any atom is -0.347 e. The molecule has 1 aliphatic rings. The van der Waals surface area contributed by atoms with E-state index in [0.717, 1.165) is 10.5 Å². The van der Waals surface area contributed by atoms with E-state index in [1.807, 2.05) is 24.3 Å². The molecule has 34 heavy (non-hydrogen) atoms. The average molecular weight is 483 g/mol. The van der Waals surface area contributed by atoms with Crippen LogP contribution < -0.4 is 5.32 Å². The van der Waals surface area contributed by atoms with Gasteiger partial charge in [0.15, 0.2) is 0 Å². The summed E-state index contributed by atoms with van der Waals surface area (Å²) in [5.41, 5.74) is 1.52. The summed E-state index contributed by atoms with van der Waals surface area (Å²) in [6.45, 7) is 9.34. The zero-order valence-corrected chi connectivity index (χ0v) is 20.7. The molecule has 0 radical (unpaired) electrons. The summed E-state index contributed by atoms with van der Waals surface area (Å²) in [5, 5.41) is 15.0.